The third-order valence-electron chi connectivity index (χ3n) is 3.52. The van der Waals surface area contributed by atoms with Gasteiger partial charge in [-0.3, -0.25) is 0 Å². The van der Waals surface area contributed by atoms with Gasteiger partial charge < -0.3 is 5.32 Å². The van der Waals surface area contributed by atoms with Crippen LogP contribution in [0, 0.1) is 18.3 Å². The molecule has 1 rings (SSSR count). The lowest BCUT2D eigenvalue weighted by molar-refractivity contribution is 0.290. The lowest BCUT2D eigenvalue weighted by atomic mass is 9.84. The summed E-state index contributed by atoms with van der Waals surface area (Å²) in [6.07, 6.45) is 16.2. The molecule has 0 spiro atoms. The molecular formula is C14H25N. The van der Waals surface area contributed by atoms with Crippen molar-refractivity contribution in [3.05, 3.63) is 0 Å². The van der Waals surface area contributed by atoms with E-state index in [4.69, 9.17) is 6.42 Å². The van der Waals surface area contributed by atoms with Crippen molar-refractivity contribution in [1.82, 2.24) is 5.32 Å². The fourth-order valence-corrected chi connectivity index (χ4v) is 2.68. The van der Waals surface area contributed by atoms with Crippen molar-refractivity contribution in [2.24, 2.45) is 5.92 Å². The first kappa shape index (κ1) is 12.6. The van der Waals surface area contributed by atoms with Gasteiger partial charge in [0, 0.05) is 12.5 Å². The van der Waals surface area contributed by atoms with E-state index in [9.17, 15) is 0 Å². The smallest absolute Gasteiger partial charge is 0.0243 e. The Kier molecular flexibility index (Phi) is 6.52. The normalized spacial score (nSPS) is 21.3. The Morgan fingerprint density at radius 1 is 1.20 bits per heavy atom. The predicted molar refractivity (Wildman–Crippen MR) is 66.7 cm³/mol. The Morgan fingerprint density at radius 2 is 1.80 bits per heavy atom. The van der Waals surface area contributed by atoms with Crippen LogP contribution in [0.15, 0.2) is 0 Å². The summed E-state index contributed by atoms with van der Waals surface area (Å²) in [6, 6.07) is 0.568. The molecule has 1 aliphatic carbocycles. The molecule has 1 aliphatic rings. The maximum Gasteiger partial charge on any atom is 0.0243 e. The van der Waals surface area contributed by atoms with Crippen LogP contribution in [0.25, 0.3) is 0 Å². The summed E-state index contributed by atoms with van der Waals surface area (Å²) < 4.78 is 0. The highest BCUT2D eigenvalue weighted by Gasteiger charge is 2.20. The van der Waals surface area contributed by atoms with Crippen LogP contribution in [-0.4, -0.2) is 12.6 Å². The standard InChI is InChI=1S/C14H25N/c1-3-10-14(15-4-2)13-11-8-6-5-7-9-12-13/h1,13-15H,4-12H2,2H3. The molecule has 1 fully saturated rings. The summed E-state index contributed by atoms with van der Waals surface area (Å²) in [5.74, 6) is 3.64. The van der Waals surface area contributed by atoms with Crippen molar-refractivity contribution in [3.8, 4) is 12.3 Å². The van der Waals surface area contributed by atoms with Crippen molar-refractivity contribution < 1.29 is 0 Å². The van der Waals surface area contributed by atoms with Crippen LogP contribution >= 0.6 is 0 Å². The van der Waals surface area contributed by atoms with Crippen LogP contribution in [-0.2, 0) is 0 Å². The third kappa shape index (κ3) is 4.71. The second kappa shape index (κ2) is 7.77. The van der Waals surface area contributed by atoms with Gasteiger partial charge in [-0.2, -0.15) is 0 Å². The minimum absolute atomic E-state index is 0.568. The Morgan fingerprint density at radius 3 is 2.33 bits per heavy atom. The van der Waals surface area contributed by atoms with Gasteiger partial charge in [-0.1, -0.05) is 39.0 Å². The van der Waals surface area contributed by atoms with Gasteiger partial charge in [0.15, 0.2) is 0 Å². The molecule has 1 saturated carbocycles. The first-order valence-electron chi connectivity index (χ1n) is 6.55. The number of hydrogen-bond donors (Lipinski definition) is 1. The second-order valence-corrected chi connectivity index (χ2v) is 4.68. The lowest BCUT2D eigenvalue weighted by Crippen LogP contribution is -2.36. The molecule has 1 N–H and O–H groups in total. The van der Waals surface area contributed by atoms with Crippen LogP contribution in [0.1, 0.15) is 58.3 Å². The number of nitrogens with one attached hydrogen (secondary N) is 1. The molecule has 0 aromatic heterocycles. The van der Waals surface area contributed by atoms with Gasteiger partial charge in [-0.25, -0.2) is 0 Å². The average Bonchev–Trinajstić information content (AvgIpc) is 2.17. The number of hydrogen-bond acceptors (Lipinski definition) is 1. The quantitative estimate of drug-likeness (QED) is 0.697. The van der Waals surface area contributed by atoms with Crippen molar-refractivity contribution >= 4 is 0 Å². The van der Waals surface area contributed by atoms with Crippen LogP contribution in [0.5, 0.6) is 0 Å². The number of terminal acetylenes is 1. The Balaban J connectivity index is 2.43. The monoisotopic (exact) mass is 207 g/mol. The Bertz CT molecular complexity index is 184. The second-order valence-electron chi connectivity index (χ2n) is 4.68. The minimum Gasteiger partial charge on any atom is -0.313 e. The first-order valence-corrected chi connectivity index (χ1v) is 6.55. The van der Waals surface area contributed by atoms with E-state index in [0.717, 1.165) is 18.9 Å². The molecule has 0 aliphatic heterocycles. The molecule has 0 saturated heterocycles. The van der Waals surface area contributed by atoms with Gasteiger partial charge in [0.1, 0.15) is 0 Å². The zero-order valence-corrected chi connectivity index (χ0v) is 10.1. The summed E-state index contributed by atoms with van der Waals surface area (Å²) in [6.45, 7) is 3.22. The maximum atomic E-state index is 5.45. The highest BCUT2D eigenvalue weighted by Crippen LogP contribution is 2.26. The molecule has 0 aromatic carbocycles. The fraction of sp³-hybridized carbons (Fsp3) is 0.857. The highest BCUT2D eigenvalue weighted by molar-refractivity contribution is 4.92. The Hall–Kier alpha value is -0.480. The zero-order chi connectivity index (χ0) is 10.9. The van der Waals surface area contributed by atoms with E-state index in [1.54, 1.807) is 0 Å². The largest absolute Gasteiger partial charge is 0.313 e. The summed E-state index contributed by atoms with van der Waals surface area (Å²) in [5, 5.41) is 3.56. The van der Waals surface area contributed by atoms with Gasteiger partial charge >= 0.3 is 0 Å². The van der Waals surface area contributed by atoms with Crippen LogP contribution in [0.4, 0.5) is 0 Å². The zero-order valence-electron chi connectivity index (χ0n) is 10.1. The highest BCUT2D eigenvalue weighted by atomic mass is 14.9. The van der Waals surface area contributed by atoms with Crippen molar-refractivity contribution in [2.75, 3.05) is 6.54 Å². The summed E-state index contributed by atoms with van der Waals surface area (Å²) in [4.78, 5) is 0. The molecule has 1 atom stereocenters. The first-order chi connectivity index (χ1) is 7.38. The van der Waals surface area contributed by atoms with Gasteiger partial charge in [-0.05, 0) is 25.3 Å². The van der Waals surface area contributed by atoms with Crippen molar-refractivity contribution in [3.63, 3.8) is 0 Å². The van der Waals surface area contributed by atoms with Crippen LogP contribution < -0.4 is 5.32 Å². The fourth-order valence-electron chi connectivity index (χ4n) is 2.68. The van der Waals surface area contributed by atoms with E-state index < -0.39 is 0 Å². The van der Waals surface area contributed by atoms with Gasteiger partial charge in [-0.15, -0.1) is 12.3 Å². The van der Waals surface area contributed by atoms with E-state index in [-0.39, 0.29) is 0 Å². The van der Waals surface area contributed by atoms with Crippen LogP contribution in [0.3, 0.4) is 0 Å². The molecule has 0 bridgehead atoms. The third-order valence-corrected chi connectivity index (χ3v) is 3.52. The predicted octanol–water partition coefficient (Wildman–Crippen LogP) is 3.35. The molecule has 15 heavy (non-hydrogen) atoms. The molecule has 1 heteroatoms. The topological polar surface area (TPSA) is 12.0 Å². The molecule has 0 aromatic rings. The molecule has 1 unspecified atom stereocenters. The summed E-state index contributed by atoms with van der Waals surface area (Å²) in [7, 11) is 0. The molecule has 0 amide bonds. The molecule has 0 radical (unpaired) electrons. The Labute approximate surface area is 95.0 Å². The molecule has 86 valence electrons. The van der Waals surface area contributed by atoms with Gasteiger partial charge in [0.25, 0.3) is 0 Å². The average molecular weight is 207 g/mol. The van der Waals surface area contributed by atoms with Gasteiger partial charge in [0.2, 0.25) is 0 Å². The van der Waals surface area contributed by atoms with E-state index in [2.05, 4.69) is 18.2 Å². The van der Waals surface area contributed by atoms with E-state index in [1.807, 2.05) is 0 Å². The summed E-state index contributed by atoms with van der Waals surface area (Å²) >= 11 is 0. The minimum atomic E-state index is 0.568. The molecule has 0 heterocycles. The lowest BCUT2D eigenvalue weighted by Gasteiger charge is -2.28. The van der Waals surface area contributed by atoms with Gasteiger partial charge in [0.05, 0.1) is 0 Å². The van der Waals surface area contributed by atoms with Crippen molar-refractivity contribution in [1.29, 1.82) is 0 Å². The van der Waals surface area contributed by atoms with E-state index in [0.29, 0.717) is 6.04 Å². The van der Waals surface area contributed by atoms with Crippen molar-refractivity contribution in [2.45, 2.75) is 64.3 Å². The molecular weight excluding hydrogens is 182 g/mol. The van der Waals surface area contributed by atoms with Crippen LogP contribution in [0.2, 0.25) is 0 Å². The van der Waals surface area contributed by atoms with E-state index in [1.165, 1.54) is 44.9 Å². The summed E-state index contributed by atoms with van der Waals surface area (Å²) in [5.41, 5.74) is 0. The maximum absolute atomic E-state index is 5.45. The number of rotatable bonds is 4. The van der Waals surface area contributed by atoms with E-state index >= 15 is 0 Å². The molecule has 1 nitrogen and oxygen atoms in total. The SMILES string of the molecule is C#CCC(NCC)C1CCCCCCC1.